The average Bonchev–Trinajstić information content (AvgIpc) is 2.77. The molecule has 1 aliphatic heterocycles. The summed E-state index contributed by atoms with van der Waals surface area (Å²) in [6.07, 6.45) is 4.60. The van der Waals surface area contributed by atoms with Crippen LogP contribution in [0.25, 0.3) is 10.8 Å². The van der Waals surface area contributed by atoms with Crippen molar-refractivity contribution in [3.63, 3.8) is 0 Å². The molecule has 1 unspecified atom stereocenters. The van der Waals surface area contributed by atoms with Gasteiger partial charge in [0.2, 0.25) is 0 Å². The molecule has 0 bridgehead atoms. The Kier molecular flexibility index (Phi) is 4.20. The third-order valence-electron chi connectivity index (χ3n) is 4.36. The molecule has 3 nitrogen and oxygen atoms in total. The zero-order chi connectivity index (χ0) is 14.7. The number of fused-ring (bicyclic) bond motifs is 1. The van der Waals surface area contributed by atoms with Crippen LogP contribution >= 0.6 is 0 Å². The van der Waals surface area contributed by atoms with E-state index in [1.54, 1.807) is 0 Å². The molecule has 2 aromatic carbocycles. The van der Waals surface area contributed by atoms with Gasteiger partial charge in [0.1, 0.15) is 6.04 Å². The zero-order valence-corrected chi connectivity index (χ0v) is 12.2. The van der Waals surface area contributed by atoms with E-state index in [1.807, 2.05) is 42.5 Å². The molecule has 1 atom stereocenters. The molecular formula is C18H21NO2. The molecule has 0 aliphatic carbocycles. The highest BCUT2D eigenvalue weighted by molar-refractivity contribution is 5.90. The third-order valence-corrected chi connectivity index (χ3v) is 4.36. The number of hydrogen-bond donors (Lipinski definition) is 1. The van der Waals surface area contributed by atoms with Crippen LogP contribution in [0.1, 0.15) is 37.3 Å². The standard InChI is InChI=1S/C18H21NO2/c20-18(21)17(19-12-5-1-2-6-13-19)16-11-7-9-14-8-3-4-10-15(14)16/h3-4,7-11,17H,1-2,5-6,12-13H2,(H,20,21). The highest BCUT2D eigenvalue weighted by Crippen LogP contribution is 2.30. The van der Waals surface area contributed by atoms with Gasteiger partial charge in [0.05, 0.1) is 0 Å². The summed E-state index contributed by atoms with van der Waals surface area (Å²) in [6, 6.07) is 13.5. The van der Waals surface area contributed by atoms with Crippen molar-refractivity contribution in [2.75, 3.05) is 13.1 Å². The molecule has 1 fully saturated rings. The predicted molar refractivity (Wildman–Crippen MR) is 84.4 cm³/mol. The van der Waals surface area contributed by atoms with Crippen molar-refractivity contribution in [1.82, 2.24) is 4.90 Å². The van der Waals surface area contributed by atoms with E-state index in [9.17, 15) is 9.90 Å². The van der Waals surface area contributed by atoms with E-state index in [2.05, 4.69) is 4.90 Å². The van der Waals surface area contributed by atoms with Crippen LogP contribution in [0.5, 0.6) is 0 Å². The molecule has 3 heteroatoms. The summed E-state index contributed by atoms with van der Waals surface area (Å²) < 4.78 is 0. The lowest BCUT2D eigenvalue weighted by molar-refractivity contribution is -0.143. The molecule has 21 heavy (non-hydrogen) atoms. The lowest BCUT2D eigenvalue weighted by atomic mass is 9.97. The van der Waals surface area contributed by atoms with E-state index in [4.69, 9.17) is 0 Å². The van der Waals surface area contributed by atoms with Crippen LogP contribution in [-0.4, -0.2) is 29.1 Å². The summed E-state index contributed by atoms with van der Waals surface area (Å²) in [5.41, 5.74) is 0.919. The summed E-state index contributed by atoms with van der Waals surface area (Å²) in [7, 11) is 0. The minimum atomic E-state index is -0.742. The summed E-state index contributed by atoms with van der Waals surface area (Å²) in [6.45, 7) is 1.75. The summed E-state index contributed by atoms with van der Waals surface area (Å²) >= 11 is 0. The largest absolute Gasteiger partial charge is 0.480 e. The number of carbonyl (C=O) groups is 1. The van der Waals surface area contributed by atoms with E-state index < -0.39 is 12.0 Å². The van der Waals surface area contributed by atoms with Gasteiger partial charge in [-0.25, -0.2) is 0 Å². The number of rotatable bonds is 3. The van der Waals surface area contributed by atoms with Crippen molar-refractivity contribution >= 4 is 16.7 Å². The molecule has 0 aromatic heterocycles. The minimum Gasteiger partial charge on any atom is -0.480 e. The number of nitrogens with zero attached hydrogens (tertiary/aromatic N) is 1. The summed E-state index contributed by atoms with van der Waals surface area (Å²) in [5.74, 6) is -0.742. The fourth-order valence-corrected chi connectivity index (χ4v) is 3.33. The maximum atomic E-state index is 11.9. The van der Waals surface area contributed by atoms with Gasteiger partial charge in [-0.1, -0.05) is 55.3 Å². The molecule has 3 rings (SSSR count). The zero-order valence-electron chi connectivity index (χ0n) is 12.2. The van der Waals surface area contributed by atoms with Crippen LogP contribution in [0.15, 0.2) is 42.5 Å². The number of likely N-dealkylation sites (tertiary alicyclic amines) is 1. The van der Waals surface area contributed by atoms with Gasteiger partial charge in [-0.05, 0) is 42.3 Å². The SMILES string of the molecule is O=C(O)C(c1cccc2ccccc12)N1CCCCCC1. The molecule has 1 heterocycles. The number of carboxylic acids is 1. The van der Waals surface area contributed by atoms with Gasteiger partial charge in [0.25, 0.3) is 0 Å². The van der Waals surface area contributed by atoms with Crippen molar-refractivity contribution in [3.8, 4) is 0 Å². The van der Waals surface area contributed by atoms with Gasteiger partial charge < -0.3 is 5.11 Å². The second-order valence-corrected chi connectivity index (χ2v) is 5.76. The Morgan fingerprint density at radius 2 is 1.62 bits per heavy atom. The number of hydrogen-bond acceptors (Lipinski definition) is 2. The second-order valence-electron chi connectivity index (χ2n) is 5.76. The molecule has 0 saturated carbocycles. The number of aliphatic carboxylic acids is 1. The molecule has 1 saturated heterocycles. The van der Waals surface area contributed by atoms with E-state index in [1.165, 1.54) is 12.8 Å². The maximum Gasteiger partial charge on any atom is 0.325 e. The Morgan fingerprint density at radius 3 is 2.33 bits per heavy atom. The summed E-state index contributed by atoms with van der Waals surface area (Å²) in [5, 5.41) is 11.9. The van der Waals surface area contributed by atoms with Gasteiger partial charge >= 0.3 is 5.97 Å². The van der Waals surface area contributed by atoms with Crippen LogP contribution in [-0.2, 0) is 4.79 Å². The van der Waals surface area contributed by atoms with Crippen LogP contribution in [0, 0.1) is 0 Å². The fraction of sp³-hybridized carbons (Fsp3) is 0.389. The Bertz CT molecular complexity index is 625. The predicted octanol–water partition coefficient (Wildman–Crippen LogP) is 3.84. The highest BCUT2D eigenvalue weighted by Gasteiger charge is 2.28. The fourth-order valence-electron chi connectivity index (χ4n) is 3.33. The Balaban J connectivity index is 2.05. The van der Waals surface area contributed by atoms with Crippen molar-refractivity contribution < 1.29 is 9.90 Å². The minimum absolute atomic E-state index is 0.533. The van der Waals surface area contributed by atoms with Gasteiger partial charge in [0, 0.05) is 0 Å². The van der Waals surface area contributed by atoms with Gasteiger partial charge in [-0.2, -0.15) is 0 Å². The molecule has 110 valence electrons. The summed E-state index contributed by atoms with van der Waals surface area (Å²) in [4.78, 5) is 14.0. The Hall–Kier alpha value is -1.87. The van der Waals surface area contributed by atoms with Crippen molar-refractivity contribution in [3.05, 3.63) is 48.0 Å². The van der Waals surface area contributed by atoms with Gasteiger partial charge in [0.15, 0.2) is 0 Å². The maximum absolute atomic E-state index is 11.9. The van der Waals surface area contributed by atoms with Crippen molar-refractivity contribution in [1.29, 1.82) is 0 Å². The first-order valence-electron chi connectivity index (χ1n) is 7.72. The van der Waals surface area contributed by atoms with Crippen LogP contribution < -0.4 is 0 Å². The molecule has 1 aliphatic rings. The Labute approximate surface area is 125 Å². The second kappa shape index (κ2) is 6.27. The van der Waals surface area contributed by atoms with E-state index in [0.29, 0.717) is 0 Å². The molecule has 0 amide bonds. The molecule has 1 N–H and O–H groups in total. The third kappa shape index (κ3) is 2.93. The molecule has 2 aromatic rings. The molecular weight excluding hydrogens is 262 g/mol. The van der Waals surface area contributed by atoms with Crippen LogP contribution in [0.2, 0.25) is 0 Å². The van der Waals surface area contributed by atoms with E-state index in [-0.39, 0.29) is 0 Å². The first-order chi connectivity index (χ1) is 10.3. The topological polar surface area (TPSA) is 40.5 Å². The van der Waals surface area contributed by atoms with E-state index in [0.717, 1.165) is 42.3 Å². The smallest absolute Gasteiger partial charge is 0.325 e. The van der Waals surface area contributed by atoms with Crippen LogP contribution in [0.4, 0.5) is 0 Å². The lowest BCUT2D eigenvalue weighted by Crippen LogP contribution is -2.35. The van der Waals surface area contributed by atoms with Crippen molar-refractivity contribution in [2.24, 2.45) is 0 Å². The van der Waals surface area contributed by atoms with Gasteiger partial charge in [-0.15, -0.1) is 0 Å². The molecule has 0 spiro atoms. The Morgan fingerprint density at radius 1 is 0.952 bits per heavy atom. The average molecular weight is 283 g/mol. The number of carboxylic acid groups (broad SMARTS) is 1. The molecule has 0 radical (unpaired) electrons. The normalized spacial score (nSPS) is 18.3. The van der Waals surface area contributed by atoms with Crippen molar-refractivity contribution in [2.45, 2.75) is 31.7 Å². The van der Waals surface area contributed by atoms with Gasteiger partial charge in [-0.3, -0.25) is 9.69 Å². The number of benzene rings is 2. The first-order valence-corrected chi connectivity index (χ1v) is 7.72. The van der Waals surface area contributed by atoms with E-state index >= 15 is 0 Å². The highest BCUT2D eigenvalue weighted by atomic mass is 16.4. The first kappa shape index (κ1) is 14.1. The monoisotopic (exact) mass is 283 g/mol. The quantitative estimate of drug-likeness (QED) is 0.930. The van der Waals surface area contributed by atoms with Crippen LogP contribution in [0.3, 0.4) is 0 Å². The lowest BCUT2D eigenvalue weighted by Gasteiger charge is -2.28.